The van der Waals surface area contributed by atoms with E-state index in [9.17, 15) is 22.4 Å². The Bertz CT molecular complexity index is 671. The summed E-state index contributed by atoms with van der Waals surface area (Å²) in [6, 6.07) is 1.82. The Hall–Kier alpha value is -1.76. The maximum atomic E-state index is 13.6. The Labute approximate surface area is 122 Å². The second-order valence-electron chi connectivity index (χ2n) is 4.54. The summed E-state index contributed by atoms with van der Waals surface area (Å²) in [6.45, 7) is 3.59. The molecule has 0 radical (unpaired) electrons. The first-order valence-electron chi connectivity index (χ1n) is 6.01. The van der Waals surface area contributed by atoms with Crippen LogP contribution in [0.1, 0.15) is 31.5 Å². The maximum absolute atomic E-state index is 13.6. The van der Waals surface area contributed by atoms with E-state index in [1.165, 1.54) is 11.3 Å². The number of alkyl halides is 3. The van der Waals surface area contributed by atoms with Crippen molar-refractivity contribution in [2.45, 2.75) is 26.4 Å². The summed E-state index contributed by atoms with van der Waals surface area (Å²) >= 11 is 1.28. The molecule has 2 nitrogen and oxygen atoms in total. The van der Waals surface area contributed by atoms with Gasteiger partial charge in [0, 0.05) is 4.88 Å². The molecule has 1 heterocycles. The number of aromatic nitrogens is 1. The second-order valence-corrected chi connectivity index (χ2v) is 5.83. The normalized spacial score (nSPS) is 11.7. The van der Waals surface area contributed by atoms with Crippen LogP contribution in [0.25, 0.3) is 0 Å². The van der Waals surface area contributed by atoms with Crippen molar-refractivity contribution in [3.8, 4) is 0 Å². The van der Waals surface area contributed by atoms with Gasteiger partial charge in [0.15, 0.2) is 5.78 Å². The molecule has 0 amide bonds. The minimum absolute atomic E-state index is 0.211. The minimum atomic E-state index is -4.61. The number of hydrogen-bond acceptors (Lipinski definition) is 3. The van der Waals surface area contributed by atoms with Crippen LogP contribution in [-0.2, 0) is 12.6 Å². The standard InChI is InChI=1S/C14H11F4NOS/c1-7-8(2)21-13(19-7)6-12(20)10-5-9(14(16,17)18)3-4-11(10)15/h3-5H,6H2,1-2H3. The summed E-state index contributed by atoms with van der Waals surface area (Å²) in [6.07, 6.45) is -4.82. The number of rotatable bonds is 3. The minimum Gasteiger partial charge on any atom is -0.294 e. The molecular formula is C14H11F4NOS. The average molecular weight is 317 g/mol. The number of thiazole rings is 1. The highest BCUT2D eigenvalue weighted by molar-refractivity contribution is 7.11. The van der Waals surface area contributed by atoms with Crippen LogP contribution < -0.4 is 0 Å². The van der Waals surface area contributed by atoms with Crippen molar-refractivity contribution in [2.75, 3.05) is 0 Å². The molecule has 112 valence electrons. The van der Waals surface area contributed by atoms with Crippen molar-refractivity contribution < 1.29 is 22.4 Å². The molecule has 1 aromatic carbocycles. The van der Waals surface area contributed by atoms with Crippen molar-refractivity contribution in [1.29, 1.82) is 0 Å². The van der Waals surface area contributed by atoms with Crippen molar-refractivity contribution in [2.24, 2.45) is 0 Å². The third-order valence-electron chi connectivity index (χ3n) is 2.98. The van der Waals surface area contributed by atoms with E-state index in [1.807, 2.05) is 6.92 Å². The third-order valence-corrected chi connectivity index (χ3v) is 4.05. The quantitative estimate of drug-likeness (QED) is 0.622. The van der Waals surface area contributed by atoms with Crippen LogP contribution in [0.2, 0.25) is 0 Å². The summed E-state index contributed by atoms with van der Waals surface area (Å²) in [7, 11) is 0. The Kier molecular flexibility index (Phi) is 4.13. The van der Waals surface area contributed by atoms with Gasteiger partial charge in [-0.05, 0) is 32.0 Å². The molecule has 0 aliphatic carbocycles. The van der Waals surface area contributed by atoms with E-state index in [1.54, 1.807) is 6.92 Å². The summed E-state index contributed by atoms with van der Waals surface area (Å²) < 4.78 is 51.4. The van der Waals surface area contributed by atoms with Gasteiger partial charge >= 0.3 is 6.18 Å². The number of hydrogen-bond donors (Lipinski definition) is 0. The van der Waals surface area contributed by atoms with Crippen LogP contribution in [0.3, 0.4) is 0 Å². The van der Waals surface area contributed by atoms with E-state index in [-0.39, 0.29) is 6.42 Å². The number of halogens is 4. The van der Waals surface area contributed by atoms with Crippen molar-refractivity contribution in [1.82, 2.24) is 4.98 Å². The number of aryl methyl sites for hydroxylation is 2. The first-order chi connectivity index (χ1) is 9.68. The number of carbonyl (C=O) groups excluding carboxylic acids is 1. The molecule has 1 aromatic heterocycles. The fourth-order valence-corrected chi connectivity index (χ4v) is 2.70. The fourth-order valence-electron chi connectivity index (χ4n) is 1.76. The Morgan fingerprint density at radius 3 is 2.48 bits per heavy atom. The molecule has 0 spiro atoms. The van der Waals surface area contributed by atoms with Gasteiger partial charge in [0.05, 0.1) is 23.2 Å². The van der Waals surface area contributed by atoms with Crippen LogP contribution in [0.15, 0.2) is 18.2 Å². The highest BCUT2D eigenvalue weighted by atomic mass is 32.1. The van der Waals surface area contributed by atoms with E-state index in [2.05, 4.69) is 4.98 Å². The molecule has 0 unspecified atom stereocenters. The molecular weight excluding hydrogens is 306 g/mol. The number of benzene rings is 1. The molecule has 2 aromatic rings. The lowest BCUT2D eigenvalue weighted by molar-refractivity contribution is -0.137. The van der Waals surface area contributed by atoms with Crippen LogP contribution in [-0.4, -0.2) is 10.8 Å². The van der Waals surface area contributed by atoms with Crippen molar-refractivity contribution in [3.63, 3.8) is 0 Å². The lowest BCUT2D eigenvalue weighted by atomic mass is 10.0. The fraction of sp³-hybridized carbons (Fsp3) is 0.286. The van der Waals surface area contributed by atoms with Crippen molar-refractivity contribution in [3.05, 3.63) is 50.7 Å². The van der Waals surface area contributed by atoms with E-state index in [4.69, 9.17) is 0 Å². The SMILES string of the molecule is Cc1nc(CC(=O)c2cc(C(F)(F)F)ccc2F)sc1C. The molecule has 0 fully saturated rings. The van der Waals surface area contributed by atoms with Crippen LogP contribution in [0.4, 0.5) is 17.6 Å². The molecule has 0 saturated heterocycles. The number of carbonyl (C=O) groups is 1. The molecule has 0 bridgehead atoms. The zero-order chi connectivity index (χ0) is 15.8. The van der Waals surface area contributed by atoms with Crippen LogP contribution in [0, 0.1) is 19.7 Å². The predicted molar refractivity (Wildman–Crippen MR) is 71.0 cm³/mol. The van der Waals surface area contributed by atoms with Gasteiger partial charge in [-0.1, -0.05) is 0 Å². The second kappa shape index (κ2) is 5.55. The van der Waals surface area contributed by atoms with Crippen LogP contribution in [0.5, 0.6) is 0 Å². The molecule has 0 aliphatic rings. The topological polar surface area (TPSA) is 30.0 Å². The first kappa shape index (κ1) is 15.6. The van der Waals surface area contributed by atoms with E-state index in [0.29, 0.717) is 23.2 Å². The zero-order valence-electron chi connectivity index (χ0n) is 11.2. The third kappa shape index (κ3) is 3.47. The molecule has 0 aliphatic heterocycles. The smallest absolute Gasteiger partial charge is 0.294 e. The Morgan fingerprint density at radius 2 is 1.95 bits per heavy atom. The van der Waals surface area contributed by atoms with Gasteiger partial charge in [-0.15, -0.1) is 11.3 Å². The summed E-state index contributed by atoms with van der Waals surface area (Å²) in [5.74, 6) is -1.68. The first-order valence-corrected chi connectivity index (χ1v) is 6.83. The highest BCUT2D eigenvalue weighted by Gasteiger charge is 2.32. The molecule has 0 N–H and O–H groups in total. The number of Topliss-reactive ketones (excluding diaryl/α,β-unsaturated/α-hetero) is 1. The average Bonchev–Trinajstić information content (AvgIpc) is 2.67. The van der Waals surface area contributed by atoms with E-state index >= 15 is 0 Å². The lowest BCUT2D eigenvalue weighted by Gasteiger charge is -2.08. The molecule has 0 atom stereocenters. The molecule has 2 rings (SSSR count). The van der Waals surface area contributed by atoms with Gasteiger partial charge in [-0.3, -0.25) is 4.79 Å². The summed E-state index contributed by atoms with van der Waals surface area (Å²) in [4.78, 5) is 17.0. The van der Waals surface area contributed by atoms with Crippen molar-refractivity contribution >= 4 is 17.1 Å². The monoisotopic (exact) mass is 317 g/mol. The predicted octanol–water partition coefficient (Wildman–Crippen LogP) is 4.34. The zero-order valence-corrected chi connectivity index (χ0v) is 12.0. The summed E-state index contributed by atoms with van der Waals surface area (Å²) in [5, 5.41) is 0.465. The molecule has 0 saturated carbocycles. The maximum Gasteiger partial charge on any atom is 0.416 e. The van der Waals surface area contributed by atoms with Gasteiger partial charge in [-0.2, -0.15) is 13.2 Å². The van der Waals surface area contributed by atoms with E-state index in [0.717, 1.165) is 10.6 Å². The lowest BCUT2D eigenvalue weighted by Crippen LogP contribution is -2.11. The Balaban J connectivity index is 2.30. The van der Waals surface area contributed by atoms with Gasteiger partial charge in [0.1, 0.15) is 10.8 Å². The largest absolute Gasteiger partial charge is 0.416 e. The number of nitrogens with zero attached hydrogens (tertiary/aromatic N) is 1. The molecule has 7 heteroatoms. The van der Waals surface area contributed by atoms with Crippen LogP contribution >= 0.6 is 11.3 Å². The Morgan fingerprint density at radius 1 is 1.29 bits per heavy atom. The highest BCUT2D eigenvalue weighted by Crippen LogP contribution is 2.30. The molecule has 21 heavy (non-hydrogen) atoms. The summed E-state index contributed by atoms with van der Waals surface area (Å²) in [5.41, 5.74) is -0.846. The van der Waals surface area contributed by atoms with Gasteiger partial charge in [0.2, 0.25) is 0 Å². The van der Waals surface area contributed by atoms with Gasteiger partial charge < -0.3 is 0 Å². The van der Waals surface area contributed by atoms with E-state index < -0.39 is 28.9 Å². The van der Waals surface area contributed by atoms with Gasteiger partial charge in [0.25, 0.3) is 0 Å². The number of ketones is 1. The van der Waals surface area contributed by atoms with Gasteiger partial charge in [-0.25, -0.2) is 9.37 Å².